The molecule has 0 aliphatic rings. The molecule has 1 aromatic rings. The highest BCUT2D eigenvalue weighted by molar-refractivity contribution is 5.37. The molecule has 15 heavy (non-hydrogen) atoms. The number of hydrogen-bond donors (Lipinski definition) is 1. The molecular formula is C13H14N2. The molecule has 0 bridgehead atoms. The van der Waals surface area contributed by atoms with Crippen LogP contribution < -0.4 is 5.32 Å². The minimum Gasteiger partial charge on any atom is -0.302 e. The minimum atomic E-state index is 0.704. The summed E-state index contributed by atoms with van der Waals surface area (Å²) in [6.45, 7) is 5.35. The van der Waals surface area contributed by atoms with E-state index in [2.05, 4.69) is 23.2 Å². The summed E-state index contributed by atoms with van der Waals surface area (Å²) in [4.78, 5) is 0. The topological polar surface area (TPSA) is 35.8 Å². The van der Waals surface area contributed by atoms with Gasteiger partial charge in [-0.05, 0) is 37.1 Å². The zero-order valence-electron chi connectivity index (χ0n) is 9.09. The third-order valence-corrected chi connectivity index (χ3v) is 2.18. The average molecular weight is 198 g/mol. The molecule has 0 spiro atoms. The highest BCUT2D eigenvalue weighted by Crippen LogP contribution is 2.09. The molecule has 0 unspecified atom stereocenters. The Morgan fingerprint density at radius 3 is 2.80 bits per heavy atom. The maximum atomic E-state index is 8.72. The van der Waals surface area contributed by atoms with Crippen molar-refractivity contribution in [3.8, 4) is 17.9 Å². The van der Waals surface area contributed by atoms with Crippen LogP contribution >= 0.6 is 0 Å². The summed E-state index contributed by atoms with van der Waals surface area (Å²) in [5, 5.41) is 11.9. The summed E-state index contributed by atoms with van der Waals surface area (Å²) in [7, 11) is 0. The summed E-state index contributed by atoms with van der Waals surface area (Å²) in [5.41, 5.74) is 3.07. The predicted molar refractivity (Wildman–Crippen MR) is 61.1 cm³/mol. The Bertz CT molecular complexity index is 430. The molecule has 1 N–H and O–H groups in total. The van der Waals surface area contributed by atoms with Crippen LogP contribution in [0.1, 0.15) is 23.6 Å². The van der Waals surface area contributed by atoms with E-state index in [9.17, 15) is 0 Å². The monoisotopic (exact) mass is 198 g/mol. The summed E-state index contributed by atoms with van der Waals surface area (Å²) in [6, 6.07) is 7.86. The van der Waals surface area contributed by atoms with Gasteiger partial charge in [0.25, 0.3) is 0 Å². The average Bonchev–Trinajstić information content (AvgIpc) is 2.26. The van der Waals surface area contributed by atoms with Crippen LogP contribution in [-0.2, 0) is 6.54 Å². The van der Waals surface area contributed by atoms with E-state index in [0.717, 1.165) is 12.1 Å². The summed E-state index contributed by atoms with van der Waals surface area (Å²) in [5.74, 6) is 5.78. The Kier molecular flexibility index (Phi) is 4.41. The van der Waals surface area contributed by atoms with Crippen LogP contribution in [0.5, 0.6) is 0 Å². The van der Waals surface area contributed by atoms with E-state index in [1.807, 2.05) is 32.0 Å². The molecule has 0 amide bonds. The number of nitrogens with zero attached hydrogens (tertiary/aromatic N) is 1. The van der Waals surface area contributed by atoms with Crippen molar-refractivity contribution in [2.24, 2.45) is 0 Å². The smallest absolute Gasteiger partial charge is 0.0991 e. The molecule has 2 nitrogen and oxygen atoms in total. The first-order chi connectivity index (χ1) is 7.27. The van der Waals surface area contributed by atoms with Gasteiger partial charge in [0.05, 0.1) is 18.2 Å². The van der Waals surface area contributed by atoms with Crippen LogP contribution in [-0.4, -0.2) is 6.54 Å². The lowest BCUT2D eigenvalue weighted by atomic mass is 10.1. The minimum absolute atomic E-state index is 0.704. The Hall–Kier alpha value is -1.77. The SMILES string of the molecule is CC#CCNCc1ccc(C#N)cc1C. The lowest BCUT2D eigenvalue weighted by molar-refractivity contribution is 0.765. The van der Waals surface area contributed by atoms with Crippen molar-refractivity contribution in [3.05, 3.63) is 34.9 Å². The molecule has 0 saturated carbocycles. The Morgan fingerprint density at radius 1 is 1.40 bits per heavy atom. The first-order valence-corrected chi connectivity index (χ1v) is 4.88. The molecule has 0 aromatic heterocycles. The normalized spacial score (nSPS) is 8.87. The molecule has 2 heteroatoms. The molecular weight excluding hydrogens is 184 g/mol. The quantitative estimate of drug-likeness (QED) is 0.595. The maximum Gasteiger partial charge on any atom is 0.0991 e. The van der Waals surface area contributed by atoms with Gasteiger partial charge in [0.1, 0.15) is 0 Å². The van der Waals surface area contributed by atoms with E-state index >= 15 is 0 Å². The highest BCUT2D eigenvalue weighted by atomic mass is 14.8. The molecule has 0 aliphatic carbocycles. The molecule has 0 radical (unpaired) electrons. The van der Waals surface area contributed by atoms with Gasteiger partial charge in [-0.3, -0.25) is 0 Å². The van der Waals surface area contributed by atoms with Crippen LogP contribution in [0.4, 0.5) is 0 Å². The number of rotatable bonds is 3. The number of benzene rings is 1. The Labute approximate surface area is 90.9 Å². The van der Waals surface area contributed by atoms with Gasteiger partial charge in [-0.15, -0.1) is 5.92 Å². The molecule has 0 fully saturated rings. The van der Waals surface area contributed by atoms with Gasteiger partial charge in [-0.1, -0.05) is 12.0 Å². The van der Waals surface area contributed by atoms with Crippen LogP contribution in [0.25, 0.3) is 0 Å². The molecule has 0 heterocycles. The summed E-state index contributed by atoms with van der Waals surface area (Å²) >= 11 is 0. The number of nitriles is 1. The lowest BCUT2D eigenvalue weighted by Gasteiger charge is -2.05. The van der Waals surface area contributed by atoms with Crippen LogP contribution in [0.3, 0.4) is 0 Å². The molecule has 1 rings (SSSR count). The molecule has 0 aliphatic heterocycles. The molecule has 76 valence electrons. The van der Waals surface area contributed by atoms with Crippen molar-refractivity contribution < 1.29 is 0 Å². The van der Waals surface area contributed by atoms with E-state index in [-0.39, 0.29) is 0 Å². The molecule has 0 saturated heterocycles. The second kappa shape index (κ2) is 5.86. The fraction of sp³-hybridized carbons (Fsp3) is 0.308. The van der Waals surface area contributed by atoms with E-state index in [0.29, 0.717) is 12.1 Å². The Morgan fingerprint density at radius 2 is 2.20 bits per heavy atom. The van der Waals surface area contributed by atoms with E-state index < -0.39 is 0 Å². The number of hydrogen-bond acceptors (Lipinski definition) is 2. The van der Waals surface area contributed by atoms with Gasteiger partial charge >= 0.3 is 0 Å². The van der Waals surface area contributed by atoms with Crippen molar-refractivity contribution in [2.45, 2.75) is 20.4 Å². The largest absolute Gasteiger partial charge is 0.302 e. The van der Waals surface area contributed by atoms with Crippen LogP contribution in [0.15, 0.2) is 18.2 Å². The van der Waals surface area contributed by atoms with Crippen molar-refractivity contribution in [3.63, 3.8) is 0 Å². The van der Waals surface area contributed by atoms with E-state index in [1.165, 1.54) is 5.56 Å². The van der Waals surface area contributed by atoms with Crippen LogP contribution in [0.2, 0.25) is 0 Å². The first-order valence-electron chi connectivity index (χ1n) is 4.88. The molecule has 1 aromatic carbocycles. The van der Waals surface area contributed by atoms with Crippen molar-refractivity contribution >= 4 is 0 Å². The summed E-state index contributed by atoms with van der Waals surface area (Å²) < 4.78 is 0. The standard InChI is InChI=1S/C13H14N2/c1-3-4-7-15-10-13-6-5-12(9-14)8-11(13)2/h5-6,8,15H,7,10H2,1-2H3. The zero-order chi connectivity index (χ0) is 11.1. The van der Waals surface area contributed by atoms with Gasteiger partial charge < -0.3 is 5.32 Å². The highest BCUT2D eigenvalue weighted by Gasteiger charge is 1.98. The number of nitrogens with one attached hydrogen (secondary N) is 1. The van der Waals surface area contributed by atoms with Crippen LogP contribution in [0, 0.1) is 30.1 Å². The zero-order valence-corrected chi connectivity index (χ0v) is 9.09. The lowest BCUT2D eigenvalue weighted by Crippen LogP contribution is -2.13. The van der Waals surface area contributed by atoms with E-state index in [1.54, 1.807) is 0 Å². The third-order valence-electron chi connectivity index (χ3n) is 2.18. The number of aryl methyl sites for hydroxylation is 1. The van der Waals surface area contributed by atoms with Gasteiger partial charge in [0, 0.05) is 6.54 Å². The molecule has 0 atom stereocenters. The van der Waals surface area contributed by atoms with Crippen molar-refractivity contribution in [1.82, 2.24) is 5.32 Å². The van der Waals surface area contributed by atoms with Gasteiger partial charge in [0.2, 0.25) is 0 Å². The van der Waals surface area contributed by atoms with Crippen molar-refractivity contribution in [2.75, 3.05) is 6.54 Å². The van der Waals surface area contributed by atoms with Gasteiger partial charge in [-0.25, -0.2) is 0 Å². The predicted octanol–water partition coefficient (Wildman–Crippen LogP) is 1.98. The van der Waals surface area contributed by atoms with Gasteiger partial charge in [-0.2, -0.15) is 5.26 Å². The third kappa shape index (κ3) is 3.46. The van der Waals surface area contributed by atoms with E-state index in [4.69, 9.17) is 5.26 Å². The van der Waals surface area contributed by atoms with Crippen molar-refractivity contribution in [1.29, 1.82) is 5.26 Å². The second-order valence-electron chi connectivity index (χ2n) is 3.28. The van der Waals surface area contributed by atoms with Gasteiger partial charge in [0.15, 0.2) is 0 Å². The second-order valence-corrected chi connectivity index (χ2v) is 3.28. The fourth-order valence-corrected chi connectivity index (χ4v) is 1.31. The maximum absolute atomic E-state index is 8.72. The summed E-state index contributed by atoms with van der Waals surface area (Å²) in [6.07, 6.45) is 0. The fourth-order valence-electron chi connectivity index (χ4n) is 1.31. The first kappa shape index (κ1) is 11.3. The Balaban J connectivity index is 2.61.